The second-order valence-electron chi connectivity index (χ2n) is 7.47. The van der Waals surface area contributed by atoms with E-state index < -0.39 is 9.75 Å². The third kappa shape index (κ3) is 3.53. The van der Waals surface area contributed by atoms with Crippen LogP contribution in [0.1, 0.15) is 43.7 Å². The molecule has 2 fully saturated rings. The molecule has 0 radical (unpaired) electrons. The summed E-state index contributed by atoms with van der Waals surface area (Å²) >= 11 is 12.3. The Kier molecular flexibility index (Phi) is 4.68. The molecular weight excluding hydrogens is 329 g/mol. The van der Waals surface area contributed by atoms with Gasteiger partial charge in [0.05, 0.1) is 5.41 Å². The number of alkyl halides is 2. The van der Waals surface area contributed by atoms with Crippen LogP contribution in [0.5, 0.6) is 0 Å². The van der Waals surface area contributed by atoms with Gasteiger partial charge in [-0.2, -0.15) is 0 Å². The Morgan fingerprint density at radius 3 is 2.30 bits per heavy atom. The van der Waals surface area contributed by atoms with Gasteiger partial charge in [0.1, 0.15) is 4.33 Å². The van der Waals surface area contributed by atoms with Crippen molar-refractivity contribution in [2.24, 2.45) is 11.3 Å². The van der Waals surface area contributed by atoms with Crippen molar-refractivity contribution in [1.82, 2.24) is 4.90 Å². The van der Waals surface area contributed by atoms with E-state index in [0.29, 0.717) is 12.3 Å². The molecule has 2 nitrogen and oxygen atoms in total. The molecule has 0 aromatic heterocycles. The summed E-state index contributed by atoms with van der Waals surface area (Å²) in [6.07, 6.45) is 5.09. The largest absolute Gasteiger partial charge is 0.342 e. The second kappa shape index (κ2) is 6.29. The van der Waals surface area contributed by atoms with E-state index in [-0.39, 0.29) is 5.91 Å². The van der Waals surface area contributed by atoms with Gasteiger partial charge in [0.15, 0.2) is 0 Å². The number of carbonyl (C=O) groups excluding carboxylic acids is 1. The van der Waals surface area contributed by atoms with E-state index in [1.807, 2.05) is 11.8 Å². The number of halogens is 2. The Balaban J connectivity index is 1.45. The van der Waals surface area contributed by atoms with Crippen molar-refractivity contribution in [3.8, 4) is 0 Å². The van der Waals surface area contributed by atoms with Crippen molar-refractivity contribution in [1.29, 1.82) is 0 Å². The zero-order valence-electron chi connectivity index (χ0n) is 13.9. The lowest BCUT2D eigenvalue weighted by molar-refractivity contribution is -0.137. The Hall–Kier alpha value is -0.730. The summed E-state index contributed by atoms with van der Waals surface area (Å²) in [5, 5.41) is 0. The zero-order valence-corrected chi connectivity index (χ0v) is 15.5. The minimum Gasteiger partial charge on any atom is -0.342 e. The maximum Gasteiger partial charge on any atom is 0.231 e. The van der Waals surface area contributed by atoms with Crippen LogP contribution in [0.2, 0.25) is 0 Å². The monoisotopic (exact) mass is 353 g/mol. The van der Waals surface area contributed by atoms with Crippen LogP contribution < -0.4 is 0 Å². The first kappa shape index (κ1) is 17.1. The van der Waals surface area contributed by atoms with Gasteiger partial charge in [-0.3, -0.25) is 4.79 Å². The van der Waals surface area contributed by atoms with Gasteiger partial charge < -0.3 is 4.90 Å². The number of rotatable bonds is 4. The molecule has 4 heteroatoms. The fourth-order valence-electron chi connectivity index (χ4n) is 3.53. The Labute approximate surface area is 149 Å². The van der Waals surface area contributed by atoms with Gasteiger partial charge in [-0.15, -0.1) is 23.2 Å². The number of amides is 1. The van der Waals surface area contributed by atoms with Gasteiger partial charge in [0, 0.05) is 13.1 Å². The number of benzene rings is 1. The number of hydrogen-bond donors (Lipinski definition) is 0. The number of likely N-dealkylation sites (tertiary alicyclic amines) is 1. The number of aryl methyl sites for hydroxylation is 2. The lowest BCUT2D eigenvalue weighted by Gasteiger charge is -2.34. The molecule has 0 N–H and O–H groups in total. The van der Waals surface area contributed by atoms with E-state index in [4.69, 9.17) is 23.2 Å². The van der Waals surface area contributed by atoms with Crippen LogP contribution in [-0.4, -0.2) is 28.2 Å². The first-order valence-electron chi connectivity index (χ1n) is 8.54. The smallest absolute Gasteiger partial charge is 0.231 e. The molecule has 23 heavy (non-hydrogen) atoms. The minimum atomic E-state index is -0.855. The van der Waals surface area contributed by atoms with Crippen molar-refractivity contribution >= 4 is 29.1 Å². The molecule has 1 heterocycles. The van der Waals surface area contributed by atoms with Crippen LogP contribution in [0.4, 0.5) is 0 Å². The Morgan fingerprint density at radius 1 is 1.22 bits per heavy atom. The third-order valence-corrected chi connectivity index (χ3v) is 6.69. The lowest BCUT2D eigenvalue weighted by atomic mass is 9.90. The van der Waals surface area contributed by atoms with E-state index in [2.05, 4.69) is 31.2 Å². The average molecular weight is 354 g/mol. The summed E-state index contributed by atoms with van der Waals surface area (Å²) in [5.74, 6) is 0.851. The average Bonchev–Trinajstić information content (AvgIpc) is 3.06. The highest BCUT2D eigenvalue weighted by Gasteiger charge is 2.68. The quantitative estimate of drug-likeness (QED) is 0.715. The highest BCUT2D eigenvalue weighted by molar-refractivity contribution is 6.53. The van der Waals surface area contributed by atoms with Crippen molar-refractivity contribution in [2.45, 2.75) is 50.3 Å². The number of carbonyl (C=O) groups is 1. The van der Waals surface area contributed by atoms with Gasteiger partial charge >= 0.3 is 0 Å². The van der Waals surface area contributed by atoms with E-state index in [9.17, 15) is 4.79 Å². The van der Waals surface area contributed by atoms with E-state index in [1.165, 1.54) is 17.5 Å². The fourth-order valence-corrected chi connectivity index (χ4v) is 4.23. The number of nitrogens with zero attached hydrogens (tertiary/aromatic N) is 1. The molecule has 1 aliphatic carbocycles. The van der Waals surface area contributed by atoms with Gasteiger partial charge in [-0.25, -0.2) is 0 Å². The van der Waals surface area contributed by atoms with Gasteiger partial charge in [-0.1, -0.05) is 29.8 Å². The highest BCUT2D eigenvalue weighted by Crippen LogP contribution is 2.64. The zero-order chi connectivity index (χ0) is 16.7. The van der Waals surface area contributed by atoms with Crippen LogP contribution in [0.25, 0.3) is 0 Å². The third-order valence-electron chi connectivity index (χ3n) is 5.59. The summed E-state index contributed by atoms with van der Waals surface area (Å²) in [5.41, 5.74) is 2.16. The standard InChI is InChI=1S/C19H25Cl2NO/c1-14-3-5-15(6-4-14)7-8-16-9-11-22(12-10-16)17(23)18(2)13-19(18,20)21/h3-6,16H,7-13H2,1-2H3. The van der Waals surface area contributed by atoms with Crippen molar-refractivity contribution < 1.29 is 4.79 Å². The second-order valence-corrected chi connectivity index (χ2v) is 8.96. The molecule has 126 valence electrons. The normalized spacial score (nSPS) is 27.0. The maximum atomic E-state index is 12.6. The molecule has 1 aromatic rings. The van der Waals surface area contributed by atoms with Crippen LogP contribution in [0.15, 0.2) is 24.3 Å². The van der Waals surface area contributed by atoms with Crippen LogP contribution in [0, 0.1) is 18.3 Å². The highest BCUT2D eigenvalue weighted by atomic mass is 35.5. The van der Waals surface area contributed by atoms with Crippen molar-refractivity contribution in [2.75, 3.05) is 13.1 Å². The molecule has 1 saturated carbocycles. The SMILES string of the molecule is Cc1ccc(CCC2CCN(C(=O)C3(C)CC3(Cl)Cl)CC2)cc1. The summed E-state index contributed by atoms with van der Waals surface area (Å²) in [7, 11) is 0. The van der Waals surface area contributed by atoms with E-state index in [1.54, 1.807) is 0 Å². The summed E-state index contributed by atoms with van der Waals surface area (Å²) in [6, 6.07) is 8.81. The molecular formula is C19H25Cl2NO. The summed E-state index contributed by atoms with van der Waals surface area (Å²) in [6.45, 7) is 5.69. The predicted octanol–water partition coefficient (Wildman–Crippen LogP) is 4.75. The first-order valence-corrected chi connectivity index (χ1v) is 9.30. The lowest BCUT2D eigenvalue weighted by Crippen LogP contribution is -2.43. The Bertz CT molecular complexity index is 576. The van der Waals surface area contributed by atoms with Gasteiger partial charge in [0.2, 0.25) is 5.91 Å². The number of hydrogen-bond acceptors (Lipinski definition) is 1. The summed E-state index contributed by atoms with van der Waals surface area (Å²) in [4.78, 5) is 14.5. The maximum absolute atomic E-state index is 12.6. The molecule has 2 aliphatic rings. The predicted molar refractivity (Wildman–Crippen MR) is 96.0 cm³/mol. The molecule has 3 rings (SSSR count). The molecule has 1 aliphatic heterocycles. The van der Waals surface area contributed by atoms with Crippen LogP contribution in [0.3, 0.4) is 0 Å². The molecule has 1 saturated heterocycles. The molecule has 1 amide bonds. The van der Waals surface area contributed by atoms with Crippen molar-refractivity contribution in [3.05, 3.63) is 35.4 Å². The molecule has 1 aromatic carbocycles. The molecule has 0 spiro atoms. The summed E-state index contributed by atoms with van der Waals surface area (Å²) < 4.78 is -0.855. The fraction of sp³-hybridized carbons (Fsp3) is 0.632. The minimum absolute atomic E-state index is 0.138. The molecule has 1 unspecified atom stereocenters. The van der Waals surface area contributed by atoms with Crippen LogP contribution >= 0.6 is 23.2 Å². The van der Waals surface area contributed by atoms with E-state index >= 15 is 0 Å². The van der Waals surface area contributed by atoms with Crippen LogP contribution in [-0.2, 0) is 11.2 Å². The first-order chi connectivity index (χ1) is 10.8. The molecule has 0 bridgehead atoms. The van der Waals surface area contributed by atoms with E-state index in [0.717, 1.165) is 32.4 Å². The van der Waals surface area contributed by atoms with Gasteiger partial charge in [0.25, 0.3) is 0 Å². The Morgan fingerprint density at radius 2 is 1.78 bits per heavy atom. The number of piperidine rings is 1. The molecule has 1 atom stereocenters. The van der Waals surface area contributed by atoms with Crippen molar-refractivity contribution in [3.63, 3.8) is 0 Å². The topological polar surface area (TPSA) is 20.3 Å². The van der Waals surface area contributed by atoms with Gasteiger partial charge in [-0.05, 0) is 57.4 Å².